The van der Waals surface area contributed by atoms with Crippen LogP contribution in [0.25, 0.3) is 17.3 Å². The van der Waals surface area contributed by atoms with Crippen LogP contribution in [-0.4, -0.2) is 64.6 Å². The van der Waals surface area contributed by atoms with Gasteiger partial charge in [0.1, 0.15) is 11.6 Å². The molecule has 0 unspecified atom stereocenters. The summed E-state index contributed by atoms with van der Waals surface area (Å²) in [5.41, 5.74) is 1.41. The van der Waals surface area contributed by atoms with Crippen LogP contribution < -0.4 is 9.64 Å². The number of benzene rings is 2. The normalized spacial score (nSPS) is 13.8. The molecule has 0 saturated carbocycles. The molecular weight excluding hydrogens is 469 g/mol. The van der Waals surface area contributed by atoms with Gasteiger partial charge in [-0.25, -0.2) is 4.39 Å². The molecular formula is C25H24FN5O3S. The van der Waals surface area contributed by atoms with E-state index in [0.29, 0.717) is 48.6 Å². The van der Waals surface area contributed by atoms with Gasteiger partial charge in [0.15, 0.2) is 10.9 Å². The van der Waals surface area contributed by atoms with Crippen molar-refractivity contribution < 1.29 is 18.3 Å². The molecule has 1 aliphatic heterocycles. The number of carbonyl (C=O) groups excluding carboxylic acids is 1. The number of para-hydroxylation sites is 1. The molecule has 3 heterocycles. The fourth-order valence-electron chi connectivity index (χ4n) is 4.02. The highest BCUT2D eigenvalue weighted by molar-refractivity contribution is 7.99. The fourth-order valence-corrected chi connectivity index (χ4v) is 4.87. The third kappa shape index (κ3) is 4.88. The lowest BCUT2D eigenvalue weighted by Crippen LogP contribution is -2.49. The predicted molar refractivity (Wildman–Crippen MR) is 132 cm³/mol. The fraction of sp³-hybridized carbons (Fsp3) is 0.240. The number of nitrogens with zero attached hydrogens (tertiary/aromatic N) is 5. The summed E-state index contributed by atoms with van der Waals surface area (Å²) < 4.78 is 26.8. The number of halogens is 1. The molecule has 0 spiro atoms. The van der Waals surface area contributed by atoms with Crippen molar-refractivity contribution in [3.05, 3.63) is 72.7 Å². The summed E-state index contributed by atoms with van der Waals surface area (Å²) in [5, 5.41) is 9.24. The number of hydrogen-bond donors (Lipinski definition) is 0. The first-order valence-corrected chi connectivity index (χ1v) is 12.2. The molecule has 0 bridgehead atoms. The van der Waals surface area contributed by atoms with Crippen LogP contribution in [0.3, 0.4) is 0 Å². The van der Waals surface area contributed by atoms with Gasteiger partial charge in [-0.2, -0.15) is 0 Å². The molecule has 1 amide bonds. The lowest BCUT2D eigenvalue weighted by Gasteiger charge is -2.36. The van der Waals surface area contributed by atoms with E-state index < -0.39 is 0 Å². The average molecular weight is 494 g/mol. The number of ether oxygens (including phenoxy) is 1. The third-order valence-corrected chi connectivity index (χ3v) is 6.77. The van der Waals surface area contributed by atoms with Crippen LogP contribution in [0.5, 0.6) is 5.75 Å². The SMILES string of the molecule is COc1ccc(-n2c(SCC(=O)N3CCN(c4ccccc4F)CC3)nnc2-c2ccco2)cc1. The minimum absolute atomic E-state index is 0.00649. The Balaban J connectivity index is 1.28. The van der Waals surface area contributed by atoms with Gasteiger partial charge in [-0.3, -0.25) is 9.36 Å². The van der Waals surface area contributed by atoms with E-state index in [0.717, 1.165) is 11.4 Å². The maximum absolute atomic E-state index is 14.1. The summed E-state index contributed by atoms with van der Waals surface area (Å²) in [5.74, 6) is 1.84. The highest BCUT2D eigenvalue weighted by atomic mass is 32.2. The largest absolute Gasteiger partial charge is 0.497 e. The molecule has 180 valence electrons. The van der Waals surface area contributed by atoms with Crippen molar-refractivity contribution in [1.82, 2.24) is 19.7 Å². The first kappa shape index (κ1) is 23.0. The van der Waals surface area contributed by atoms with Crippen LogP contribution in [0.15, 0.2) is 76.5 Å². The Labute approximate surface area is 206 Å². The van der Waals surface area contributed by atoms with E-state index in [-0.39, 0.29) is 17.5 Å². The van der Waals surface area contributed by atoms with Crippen molar-refractivity contribution in [3.63, 3.8) is 0 Å². The number of furan rings is 1. The first-order chi connectivity index (χ1) is 17.1. The zero-order valence-electron chi connectivity index (χ0n) is 19.1. The van der Waals surface area contributed by atoms with Gasteiger partial charge in [0, 0.05) is 26.2 Å². The summed E-state index contributed by atoms with van der Waals surface area (Å²) in [6.45, 7) is 2.25. The topological polar surface area (TPSA) is 76.6 Å². The van der Waals surface area contributed by atoms with Crippen LogP contribution in [0.2, 0.25) is 0 Å². The molecule has 10 heteroatoms. The van der Waals surface area contributed by atoms with Crippen LogP contribution in [0.4, 0.5) is 10.1 Å². The molecule has 0 radical (unpaired) electrons. The molecule has 4 aromatic rings. The van der Waals surface area contributed by atoms with Gasteiger partial charge >= 0.3 is 0 Å². The highest BCUT2D eigenvalue weighted by Gasteiger charge is 2.24. The van der Waals surface area contributed by atoms with E-state index in [2.05, 4.69) is 10.2 Å². The minimum Gasteiger partial charge on any atom is -0.497 e. The van der Waals surface area contributed by atoms with Gasteiger partial charge in [-0.05, 0) is 48.5 Å². The number of thioether (sulfide) groups is 1. The number of hydrogen-bond acceptors (Lipinski definition) is 7. The number of anilines is 1. The molecule has 2 aromatic carbocycles. The monoisotopic (exact) mass is 493 g/mol. The second-order valence-corrected chi connectivity index (χ2v) is 8.87. The van der Waals surface area contributed by atoms with Crippen LogP contribution >= 0.6 is 11.8 Å². The van der Waals surface area contributed by atoms with Gasteiger partial charge < -0.3 is 19.0 Å². The van der Waals surface area contributed by atoms with E-state index in [1.54, 1.807) is 31.6 Å². The van der Waals surface area contributed by atoms with Gasteiger partial charge in [0.25, 0.3) is 0 Å². The molecule has 0 N–H and O–H groups in total. The summed E-state index contributed by atoms with van der Waals surface area (Å²) in [4.78, 5) is 16.8. The molecule has 0 aliphatic carbocycles. The first-order valence-electron chi connectivity index (χ1n) is 11.2. The summed E-state index contributed by atoms with van der Waals surface area (Å²) in [7, 11) is 1.62. The molecule has 1 fully saturated rings. The summed E-state index contributed by atoms with van der Waals surface area (Å²) in [6.07, 6.45) is 1.58. The van der Waals surface area contributed by atoms with Crippen LogP contribution in [0, 0.1) is 5.82 Å². The van der Waals surface area contributed by atoms with E-state index in [9.17, 15) is 9.18 Å². The molecule has 35 heavy (non-hydrogen) atoms. The Hall–Kier alpha value is -3.79. The minimum atomic E-state index is -0.243. The van der Waals surface area contributed by atoms with Gasteiger partial charge in [-0.1, -0.05) is 23.9 Å². The van der Waals surface area contributed by atoms with Crippen molar-refractivity contribution in [2.75, 3.05) is 43.9 Å². The predicted octanol–water partition coefficient (Wildman–Crippen LogP) is 4.12. The Morgan fingerprint density at radius 2 is 1.80 bits per heavy atom. The average Bonchev–Trinajstić information content (AvgIpc) is 3.58. The van der Waals surface area contributed by atoms with Crippen molar-refractivity contribution in [3.8, 4) is 23.0 Å². The molecule has 2 aromatic heterocycles. The van der Waals surface area contributed by atoms with E-state index in [4.69, 9.17) is 9.15 Å². The van der Waals surface area contributed by atoms with Crippen LogP contribution in [0.1, 0.15) is 0 Å². The van der Waals surface area contributed by atoms with Crippen molar-refractivity contribution >= 4 is 23.4 Å². The van der Waals surface area contributed by atoms with E-state index >= 15 is 0 Å². The van der Waals surface area contributed by atoms with Crippen molar-refractivity contribution in [1.29, 1.82) is 0 Å². The summed E-state index contributed by atoms with van der Waals surface area (Å²) >= 11 is 1.32. The zero-order chi connectivity index (χ0) is 24.2. The molecule has 8 nitrogen and oxygen atoms in total. The zero-order valence-corrected chi connectivity index (χ0v) is 19.9. The smallest absolute Gasteiger partial charge is 0.233 e. The Morgan fingerprint density at radius 3 is 2.49 bits per heavy atom. The Bertz CT molecular complexity index is 1280. The lowest BCUT2D eigenvalue weighted by molar-refractivity contribution is -0.128. The van der Waals surface area contributed by atoms with Crippen molar-refractivity contribution in [2.45, 2.75) is 5.16 Å². The number of rotatable bonds is 7. The molecule has 1 saturated heterocycles. The van der Waals surface area contributed by atoms with E-state index in [1.165, 1.54) is 17.8 Å². The third-order valence-electron chi connectivity index (χ3n) is 5.86. The van der Waals surface area contributed by atoms with Gasteiger partial charge in [-0.15, -0.1) is 10.2 Å². The number of methoxy groups -OCH3 is 1. The number of aromatic nitrogens is 3. The standard InChI is InChI=1S/C25H24FN5O3S/c1-33-19-10-8-18(9-11-19)31-24(22-7-4-16-34-22)27-28-25(31)35-17-23(32)30-14-12-29(13-15-30)21-6-3-2-5-20(21)26/h2-11,16H,12-15,17H2,1H3. The van der Waals surface area contributed by atoms with Crippen molar-refractivity contribution in [2.24, 2.45) is 0 Å². The number of piperazine rings is 1. The summed E-state index contributed by atoms with van der Waals surface area (Å²) in [6, 6.07) is 17.9. The Morgan fingerprint density at radius 1 is 1.03 bits per heavy atom. The second-order valence-electron chi connectivity index (χ2n) is 7.92. The van der Waals surface area contributed by atoms with Gasteiger partial charge in [0.2, 0.25) is 11.7 Å². The quantitative estimate of drug-likeness (QED) is 0.359. The molecule has 1 aliphatic rings. The number of carbonyl (C=O) groups is 1. The maximum Gasteiger partial charge on any atom is 0.233 e. The Kier molecular flexibility index (Phi) is 6.71. The van der Waals surface area contributed by atoms with Gasteiger partial charge in [0.05, 0.1) is 30.5 Å². The molecule has 0 atom stereocenters. The van der Waals surface area contributed by atoms with Crippen LogP contribution in [-0.2, 0) is 4.79 Å². The maximum atomic E-state index is 14.1. The number of amides is 1. The molecule has 5 rings (SSSR count). The lowest BCUT2D eigenvalue weighted by atomic mass is 10.2. The highest BCUT2D eigenvalue weighted by Crippen LogP contribution is 2.29. The van der Waals surface area contributed by atoms with E-state index in [1.807, 2.05) is 50.8 Å². The second kappa shape index (κ2) is 10.2.